The molecule has 3 amide bonds. The van der Waals surface area contributed by atoms with Crippen LogP contribution in [0.1, 0.15) is 107 Å². The number of hydrogen-bond acceptors (Lipinski definition) is 9. The Morgan fingerprint density at radius 1 is 1.15 bits per heavy atom. The molecule has 270 valence electrons. The molecule has 15 nitrogen and oxygen atoms in total. The summed E-state index contributed by atoms with van der Waals surface area (Å²) < 4.78 is 18.8. The van der Waals surface area contributed by atoms with E-state index >= 15 is 0 Å². The van der Waals surface area contributed by atoms with E-state index < -0.39 is 65.2 Å². The Kier molecular flexibility index (Phi) is 11.6. The van der Waals surface area contributed by atoms with Crippen LogP contribution in [0.2, 0.25) is 0 Å². The lowest BCUT2D eigenvalue weighted by Crippen LogP contribution is -2.65. The second kappa shape index (κ2) is 14.8. The minimum atomic E-state index is -0.986. The van der Waals surface area contributed by atoms with Gasteiger partial charge in [-0.2, -0.15) is 0 Å². The normalized spacial score (nSPS) is 28.8. The molecule has 2 heterocycles. The van der Waals surface area contributed by atoms with Gasteiger partial charge in [0.05, 0.1) is 17.6 Å². The van der Waals surface area contributed by atoms with Crippen LogP contribution >= 0.6 is 0 Å². The summed E-state index contributed by atoms with van der Waals surface area (Å²) in [6.45, 7) is 16.7. The minimum absolute atomic E-state index is 0.0550. The van der Waals surface area contributed by atoms with E-state index in [2.05, 4.69) is 50.6 Å². The highest BCUT2D eigenvalue weighted by atomic mass is 16.7. The maximum atomic E-state index is 14.1. The number of piperidine rings is 1. The summed E-state index contributed by atoms with van der Waals surface area (Å²) >= 11 is 0. The number of nitro groups is 1. The van der Waals surface area contributed by atoms with Crippen LogP contribution in [0.3, 0.4) is 0 Å². The second-order valence-electron chi connectivity index (χ2n) is 16.1. The fourth-order valence-corrected chi connectivity index (χ4v) is 8.03. The molecule has 5 rings (SSSR count). The average molecular weight is 678 g/mol. The molecule has 7 atom stereocenters. The smallest absolute Gasteiger partial charge is 0.444 e. The molecule has 3 aliphatic carbocycles. The third-order valence-corrected chi connectivity index (χ3v) is 10.6. The Bertz CT molecular complexity index is 1230. The van der Waals surface area contributed by atoms with Gasteiger partial charge in [-0.1, -0.05) is 33.1 Å². The van der Waals surface area contributed by atoms with E-state index in [9.17, 15) is 24.5 Å². The van der Waals surface area contributed by atoms with Crippen molar-refractivity contribution in [3.8, 4) is 0 Å². The van der Waals surface area contributed by atoms with Crippen molar-refractivity contribution >= 4 is 31.0 Å². The van der Waals surface area contributed by atoms with E-state index in [0.29, 0.717) is 37.6 Å². The van der Waals surface area contributed by atoms with Crippen LogP contribution in [0, 0.1) is 38.7 Å². The number of likely N-dealkylation sites (tertiary alicyclic amines) is 1. The number of guanidine groups is 1. The van der Waals surface area contributed by atoms with Crippen molar-refractivity contribution in [3.05, 3.63) is 10.1 Å². The zero-order chi connectivity index (χ0) is 35.6. The molecule has 2 bridgehead atoms. The Labute approximate surface area is 284 Å². The molecule has 48 heavy (non-hydrogen) atoms. The lowest BCUT2D eigenvalue weighted by atomic mass is 9.43. The van der Waals surface area contributed by atoms with Gasteiger partial charge in [0.2, 0.25) is 11.8 Å². The molecule has 0 aromatic rings. The van der Waals surface area contributed by atoms with Crippen molar-refractivity contribution in [1.29, 1.82) is 5.41 Å². The SMILES string of the molecule is CC(C)C[C@H](NC(=O)[C@H](CCCNC(=N)N[N+](=O)[O-])NC(=O)[C@@H]1CCCCN1C(=O)OC(C)(C)C)B1O[C@@H]2C[C@@H]3C[C@@H](C3(C)C)[C@]2(C)O1. The molecule has 0 aromatic heterocycles. The number of carbonyl (C=O) groups is 3. The number of carbonyl (C=O) groups excluding carboxylic acids is 3. The molecule has 16 heteroatoms. The summed E-state index contributed by atoms with van der Waals surface area (Å²) in [5.74, 6) is -0.663. The molecular weight excluding hydrogens is 621 g/mol. The summed E-state index contributed by atoms with van der Waals surface area (Å²) in [5, 5.41) is 26.1. The maximum absolute atomic E-state index is 14.1. The third-order valence-electron chi connectivity index (χ3n) is 10.6. The average Bonchev–Trinajstić information content (AvgIpc) is 3.34. The Morgan fingerprint density at radius 3 is 2.48 bits per heavy atom. The molecule has 0 unspecified atom stereocenters. The van der Waals surface area contributed by atoms with Crippen LogP contribution in [0.4, 0.5) is 4.79 Å². The van der Waals surface area contributed by atoms with E-state index in [-0.39, 0.29) is 30.4 Å². The van der Waals surface area contributed by atoms with Gasteiger partial charge in [-0.15, -0.1) is 0 Å². The predicted molar refractivity (Wildman–Crippen MR) is 179 cm³/mol. The number of nitrogens with zero attached hydrogens (tertiary/aromatic N) is 2. The fraction of sp³-hybridized carbons (Fsp3) is 0.875. The van der Waals surface area contributed by atoms with Gasteiger partial charge in [0.15, 0.2) is 5.03 Å². The van der Waals surface area contributed by atoms with Crippen LogP contribution in [0.25, 0.3) is 0 Å². The highest BCUT2D eigenvalue weighted by molar-refractivity contribution is 6.48. The van der Waals surface area contributed by atoms with Crippen molar-refractivity contribution in [2.75, 3.05) is 13.1 Å². The van der Waals surface area contributed by atoms with Crippen LogP contribution in [-0.4, -0.2) is 89.3 Å². The molecule has 5 fully saturated rings. The van der Waals surface area contributed by atoms with Crippen molar-refractivity contribution in [2.24, 2.45) is 23.2 Å². The Balaban J connectivity index is 1.48. The van der Waals surface area contributed by atoms with Crippen LogP contribution in [0.15, 0.2) is 0 Å². The molecular formula is C32H56BN7O8. The summed E-state index contributed by atoms with van der Waals surface area (Å²) in [7, 11) is -0.644. The highest BCUT2D eigenvalue weighted by Gasteiger charge is 2.68. The van der Waals surface area contributed by atoms with Crippen LogP contribution in [-0.2, 0) is 23.6 Å². The first-order chi connectivity index (χ1) is 22.3. The molecule has 2 aliphatic heterocycles. The number of hydrazine groups is 1. The molecule has 5 aliphatic rings. The van der Waals surface area contributed by atoms with Gasteiger partial charge in [0, 0.05) is 13.1 Å². The second-order valence-corrected chi connectivity index (χ2v) is 16.1. The number of hydrogen-bond donors (Lipinski definition) is 5. The zero-order valence-electron chi connectivity index (χ0n) is 29.9. The van der Waals surface area contributed by atoms with E-state index in [1.807, 2.05) is 0 Å². The molecule has 0 radical (unpaired) electrons. The summed E-state index contributed by atoms with van der Waals surface area (Å²) in [4.78, 5) is 52.9. The van der Waals surface area contributed by atoms with Gasteiger partial charge in [-0.25, -0.2) is 14.9 Å². The molecule has 3 saturated carbocycles. The molecule has 0 aromatic carbocycles. The largest absolute Gasteiger partial charge is 0.481 e. The Morgan fingerprint density at radius 2 is 1.85 bits per heavy atom. The number of nitrogens with one attached hydrogen (secondary N) is 5. The highest BCUT2D eigenvalue weighted by Crippen LogP contribution is 2.65. The van der Waals surface area contributed by atoms with E-state index in [4.69, 9.17) is 19.5 Å². The lowest BCUT2D eigenvalue weighted by molar-refractivity contribution is -0.525. The monoisotopic (exact) mass is 677 g/mol. The third kappa shape index (κ3) is 8.71. The van der Waals surface area contributed by atoms with E-state index in [1.165, 1.54) is 4.90 Å². The van der Waals surface area contributed by atoms with Crippen LogP contribution < -0.4 is 21.4 Å². The summed E-state index contributed by atoms with van der Waals surface area (Å²) in [6.07, 6.45) is 4.39. The van der Waals surface area contributed by atoms with Gasteiger partial charge in [-0.05, 0) is 102 Å². The van der Waals surface area contributed by atoms with Gasteiger partial charge >= 0.3 is 13.2 Å². The summed E-state index contributed by atoms with van der Waals surface area (Å²) in [5.41, 5.74) is 0.727. The van der Waals surface area contributed by atoms with Gasteiger partial charge in [0.1, 0.15) is 17.7 Å². The lowest BCUT2D eigenvalue weighted by Gasteiger charge is -2.64. The van der Waals surface area contributed by atoms with Gasteiger partial charge < -0.3 is 30.0 Å². The van der Waals surface area contributed by atoms with Crippen molar-refractivity contribution in [1.82, 2.24) is 26.3 Å². The first-order valence-corrected chi connectivity index (χ1v) is 17.5. The molecule has 2 saturated heterocycles. The van der Waals surface area contributed by atoms with Gasteiger partial charge in [-0.3, -0.25) is 19.9 Å². The molecule has 0 spiro atoms. The Hall–Kier alpha value is -3.14. The van der Waals surface area contributed by atoms with Crippen LogP contribution in [0.5, 0.6) is 0 Å². The number of rotatable bonds is 12. The van der Waals surface area contributed by atoms with Crippen molar-refractivity contribution < 1.29 is 33.5 Å². The van der Waals surface area contributed by atoms with Crippen molar-refractivity contribution in [2.45, 2.75) is 142 Å². The number of ether oxygens (including phenoxy) is 1. The first-order valence-electron chi connectivity index (χ1n) is 17.5. The topological polar surface area (TPSA) is 197 Å². The predicted octanol–water partition coefficient (Wildman–Crippen LogP) is 3.15. The fourth-order valence-electron chi connectivity index (χ4n) is 8.03. The minimum Gasteiger partial charge on any atom is -0.444 e. The maximum Gasteiger partial charge on any atom is 0.481 e. The van der Waals surface area contributed by atoms with E-state index in [0.717, 1.165) is 25.7 Å². The number of amides is 3. The first kappa shape index (κ1) is 37.7. The summed E-state index contributed by atoms with van der Waals surface area (Å²) in [6, 6.07) is -1.79. The standard InChI is InChI=1S/C32H56BN7O8/c1-19(2)16-25(33-47-24-18-20-17-23(31(20,6)7)32(24,8)48-33)37-26(41)21(12-11-14-35-28(34)38-40(44)45)36-27(42)22-13-9-10-15-39(22)29(43)46-30(3,4)5/h19-25H,9-18H2,1-8H3,(H,36,42)(H,37,41)(H3,34,35,38)/t20-,21-,22-,23-,24+,25-,32-/m0/s1. The zero-order valence-corrected chi connectivity index (χ0v) is 29.9. The van der Waals surface area contributed by atoms with Crippen molar-refractivity contribution in [3.63, 3.8) is 0 Å². The van der Waals surface area contributed by atoms with E-state index in [1.54, 1.807) is 26.2 Å². The quantitative estimate of drug-likeness (QED) is 0.0511. The van der Waals surface area contributed by atoms with Gasteiger partial charge in [0.25, 0.3) is 5.96 Å². The molecule has 5 N–H and O–H groups in total.